The standard InChI is InChI=1S/C57H96O29/c1-20(19-76-48-40(68)38(66)35(63)29(17-58)81-48)8-13-56(74)24(5)57(75)32(86-56)15-28-26-14-31(60)55(73)16-25(9-11-53(55,6)27(26)10-12-54(28,57)7)80-52-47(85-50-42(70)37(65)34(62)22(3)78-50)44(72)46(30(18-59)82-52)84-51-43(71)39(67)45(23(4)79-51)83-49-41(69)36(64)33(61)21(2)77-49/h20-52,58-75H,8-19H2,1-7H3/t20-,21+,22+,23+,24-,25+,26-,27+,28+,29-,30-,31-,32?,33+,34+,35-,36-,37-,38+,39+,40-,41-,42-,43-,44+,45+,46-,47-,48-,49+,50+,51+,52-,53-,54+,55+,56-,57-/m1/s1. The molecule has 0 bridgehead atoms. The summed E-state index contributed by atoms with van der Waals surface area (Å²) >= 11 is 0. The van der Waals surface area contributed by atoms with Crippen LogP contribution in [0.4, 0.5) is 0 Å². The summed E-state index contributed by atoms with van der Waals surface area (Å²) in [4.78, 5) is 0. The van der Waals surface area contributed by atoms with E-state index in [2.05, 4.69) is 0 Å². The molecule has 0 radical (unpaired) electrons. The van der Waals surface area contributed by atoms with Gasteiger partial charge in [-0.1, -0.05) is 27.7 Å². The average molecular weight is 1250 g/mol. The van der Waals surface area contributed by atoms with Gasteiger partial charge in [0.1, 0.15) is 109 Å². The summed E-state index contributed by atoms with van der Waals surface area (Å²) in [6.45, 7) is 10.4. The van der Waals surface area contributed by atoms with E-state index in [-0.39, 0.29) is 56.0 Å². The van der Waals surface area contributed by atoms with Crippen LogP contribution in [0.3, 0.4) is 0 Å². The third-order valence-corrected chi connectivity index (χ3v) is 22.5. The first-order chi connectivity index (χ1) is 40.3. The fourth-order valence-electron chi connectivity index (χ4n) is 16.9. The molecule has 498 valence electrons. The fraction of sp³-hybridized carbons (Fsp3) is 1.00. The highest BCUT2D eigenvalue weighted by Gasteiger charge is 2.77. The molecule has 4 aliphatic carbocycles. The molecule has 38 atom stereocenters. The average Bonchev–Trinajstić information content (AvgIpc) is 1.43. The van der Waals surface area contributed by atoms with Crippen LogP contribution in [0.25, 0.3) is 0 Å². The van der Waals surface area contributed by atoms with Crippen LogP contribution in [-0.2, 0) is 52.1 Å². The zero-order valence-corrected chi connectivity index (χ0v) is 49.6. The lowest BCUT2D eigenvalue weighted by Gasteiger charge is -2.66. The van der Waals surface area contributed by atoms with Crippen molar-refractivity contribution in [3.05, 3.63) is 0 Å². The Balaban J connectivity index is 0.806. The number of rotatable bonds is 16. The van der Waals surface area contributed by atoms with Crippen molar-refractivity contribution >= 4 is 0 Å². The van der Waals surface area contributed by atoms with Crippen molar-refractivity contribution < 1.29 is 144 Å². The van der Waals surface area contributed by atoms with E-state index < -0.39 is 219 Å². The van der Waals surface area contributed by atoms with Crippen molar-refractivity contribution in [1.82, 2.24) is 0 Å². The molecule has 0 aromatic rings. The lowest BCUT2D eigenvalue weighted by atomic mass is 9.42. The van der Waals surface area contributed by atoms with Gasteiger partial charge in [-0.05, 0) is 89.4 Å². The molecule has 0 aromatic carbocycles. The van der Waals surface area contributed by atoms with E-state index in [0.29, 0.717) is 32.1 Å². The van der Waals surface area contributed by atoms with E-state index in [1.165, 1.54) is 20.8 Å². The molecule has 0 aromatic heterocycles. The lowest BCUT2D eigenvalue weighted by molar-refractivity contribution is -0.396. The summed E-state index contributed by atoms with van der Waals surface area (Å²) in [5, 5.41) is 200. The second kappa shape index (κ2) is 25.3. The van der Waals surface area contributed by atoms with Gasteiger partial charge in [-0.2, -0.15) is 0 Å². The Kier molecular flexibility index (Phi) is 19.9. The molecular weight excluding hydrogens is 1150 g/mol. The summed E-state index contributed by atoms with van der Waals surface area (Å²) in [7, 11) is 0. The van der Waals surface area contributed by atoms with Crippen molar-refractivity contribution in [3.8, 4) is 0 Å². The third-order valence-electron chi connectivity index (χ3n) is 22.5. The zero-order valence-electron chi connectivity index (χ0n) is 49.6. The first-order valence-corrected chi connectivity index (χ1v) is 30.7. The SMILES string of the molecule is C[C@H](CC[C@@]1(O)OC2C[C@H]3[C@@H]4C[C@@H](O)[C@@]5(O)C[C@@H](O[C@@H]6O[C@H](CO)[C@@H](O[C@@H]7O[C@@H](C)[C@H](O[C@@H]8O[C@@H](C)[C@H](O)[C@@H](O)[C@H]8O)[C@@H](O)[C@H]7O)[C@H](O)[C@H]6O[C@@H]6O[C@@H](C)[C@H](O)[C@@H](O)[C@H]6O)CC[C@]5(C)[C@H]4CC[C@]3(C)[C@@]2(O)[C@@H]1C)CO[C@@H]1O[C@H](CO)[C@@H](O)[C@H](O)[C@H]1O. The molecule has 4 saturated carbocycles. The van der Waals surface area contributed by atoms with Crippen molar-refractivity contribution in [3.63, 3.8) is 0 Å². The first kappa shape index (κ1) is 67.7. The fourth-order valence-corrected chi connectivity index (χ4v) is 16.9. The van der Waals surface area contributed by atoms with Crippen LogP contribution >= 0.6 is 0 Å². The lowest BCUT2D eigenvalue weighted by Crippen LogP contribution is -2.70. The molecule has 10 fully saturated rings. The molecule has 29 nitrogen and oxygen atoms in total. The van der Waals surface area contributed by atoms with E-state index >= 15 is 0 Å². The summed E-state index contributed by atoms with van der Waals surface area (Å²) in [5.74, 6) is -3.29. The van der Waals surface area contributed by atoms with Crippen LogP contribution in [0, 0.1) is 40.4 Å². The largest absolute Gasteiger partial charge is 0.394 e. The molecule has 0 spiro atoms. The third kappa shape index (κ3) is 11.3. The highest BCUT2D eigenvalue weighted by atomic mass is 16.8. The van der Waals surface area contributed by atoms with Gasteiger partial charge in [-0.3, -0.25) is 0 Å². The van der Waals surface area contributed by atoms with Gasteiger partial charge >= 0.3 is 0 Å². The molecule has 18 N–H and O–H groups in total. The van der Waals surface area contributed by atoms with Crippen LogP contribution in [0.15, 0.2) is 0 Å². The first-order valence-electron chi connectivity index (χ1n) is 30.7. The zero-order chi connectivity index (χ0) is 62.8. The van der Waals surface area contributed by atoms with Gasteiger partial charge in [-0.25, -0.2) is 0 Å². The van der Waals surface area contributed by atoms with E-state index in [0.717, 1.165) is 0 Å². The Labute approximate surface area is 498 Å². The smallest absolute Gasteiger partial charge is 0.187 e. The second-order valence-corrected chi connectivity index (χ2v) is 27.4. The normalized spacial score (nSPS) is 57.9. The maximum atomic E-state index is 13.0. The van der Waals surface area contributed by atoms with Crippen molar-refractivity contribution in [2.24, 2.45) is 40.4 Å². The molecule has 0 amide bonds. The number of ether oxygens (including phenoxy) is 11. The quantitative estimate of drug-likeness (QED) is 0.0640. The maximum absolute atomic E-state index is 13.0. The highest BCUT2D eigenvalue weighted by molar-refractivity contribution is 5.25. The van der Waals surface area contributed by atoms with Crippen LogP contribution in [-0.4, -0.2) is 301 Å². The topological polar surface area (TPSA) is 466 Å². The maximum Gasteiger partial charge on any atom is 0.187 e. The minimum Gasteiger partial charge on any atom is -0.394 e. The van der Waals surface area contributed by atoms with Crippen molar-refractivity contribution in [2.45, 2.75) is 295 Å². The Morgan fingerprint density at radius 1 is 0.500 bits per heavy atom. The molecule has 10 rings (SSSR count). The van der Waals surface area contributed by atoms with E-state index in [1.807, 2.05) is 20.8 Å². The number of hydrogen-bond donors (Lipinski definition) is 18. The molecule has 6 saturated heterocycles. The molecule has 86 heavy (non-hydrogen) atoms. The highest BCUT2D eigenvalue weighted by Crippen LogP contribution is 2.73. The Morgan fingerprint density at radius 2 is 1.02 bits per heavy atom. The van der Waals surface area contributed by atoms with E-state index in [9.17, 15) is 91.9 Å². The van der Waals surface area contributed by atoms with Crippen molar-refractivity contribution in [2.75, 3.05) is 19.8 Å². The summed E-state index contributed by atoms with van der Waals surface area (Å²) in [6, 6.07) is 0. The van der Waals surface area contributed by atoms with Crippen LogP contribution in [0.5, 0.6) is 0 Å². The predicted octanol–water partition coefficient (Wildman–Crippen LogP) is -5.85. The number of fused-ring (bicyclic) bond motifs is 7. The minimum atomic E-state index is -1.95. The van der Waals surface area contributed by atoms with Gasteiger partial charge in [0.25, 0.3) is 0 Å². The van der Waals surface area contributed by atoms with E-state index in [1.54, 1.807) is 6.92 Å². The molecule has 29 heteroatoms. The number of hydrogen-bond acceptors (Lipinski definition) is 29. The Bertz CT molecular complexity index is 2280. The van der Waals surface area contributed by atoms with Gasteiger partial charge in [-0.15, -0.1) is 0 Å². The minimum absolute atomic E-state index is 0.0263. The Hall–Kier alpha value is -1.16. The van der Waals surface area contributed by atoms with Crippen molar-refractivity contribution in [1.29, 1.82) is 0 Å². The van der Waals surface area contributed by atoms with Crippen LogP contribution < -0.4 is 0 Å². The molecule has 10 aliphatic rings. The molecular formula is C57H96O29. The van der Waals surface area contributed by atoms with Gasteiger partial charge < -0.3 is 144 Å². The molecule has 1 unspecified atom stereocenters. The monoisotopic (exact) mass is 1240 g/mol. The number of aliphatic hydroxyl groups is 18. The van der Waals surface area contributed by atoms with Gasteiger partial charge in [0.15, 0.2) is 37.2 Å². The molecule has 6 aliphatic heterocycles. The summed E-state index contributed by atoms with van der Waals surface area (Å²) in [6.07, 6.45) is -39.8. The van der Waals surface area contributed by atoms with Gasteiger partial charge in [0.05, 0.1) is 62.0 Å². The van der Waals surface area contributed by atoms with Crippen LogP contribution in [0.1, 0.15) is 106 Å². The van der Waals surface area contributed by atoms with Gasteiger partial charge in [0, 0.05) is 29.6 Å². The van der Waals surface area contributed by atoms with Gasteiger partial charge in [0.2, 0.25) is 0 Å². The Morgan fingerprint density at radius 3 is 1.63 bits per heavy atom. The number of aliphatic hydroxyl groups excluding tert-OH is 15. The summed E-state index contributed by atoms with van der Waals surface area (Å²) in [5.41, 5.74) is -4.96. The van der Waals surface area contributed by atoms with Crippen LogP contribution in [0.2, 0.25) is 0 Å². The molecule has 6 heterocycles. The van der Waals surface area contributed by atoms with E-state index in [4.69, 9.17) is 52.1 Å². The predicted molar refractivity (Wildman–Crippen MR) is 284 cm³/mol. The summed E-state index contributed by atoms with van der Waals surface area (Å²) < 4.78 is 66.0. The second-order valence-electron chi connectivity index (χ2n) is 27.4.